The highest BCUT2D eigenvalue weighted by atomic mass is 32.2. The van der Waals surface area contributed by atoms with Gasteiger partial charge in [0, 0.05) is 13.2 Å². The molecule has 0 spiro atoms. The lowest BCUT2D eigenvalue weighted by Gasteiger charge is -2.13. The maximum absolute atomic E-state index is 11.8. The third-order valence-electron chi connectivity index (χ3n) is 2.63. The van der Waals surface area contributed by atoms with Crippen LogP contribution < -0.4 is 5.32 Å². The van der Waals surface area contributed by atoms with E-state index in [0.29, 0.717) is 5.69 Å². The van der Waals surface area contributed by atoms with Crippen molar-refractivity contribution in [3.05, 3.63) is 30.6 Å². The van der Waals surface area contributed by atoms with Gasteiger partial charge in [-0.25, -0.2) is 12.9 Å². The Labute approximate surface area is 110 Å². The average Bonchev–Trinajstić information content (AvgIpc) is 2.71. The molecule has 7 nitrogen and oxygen atoms in total. The molecule has 0 atom stereocenters. The van der Waals surface area contributed by atoms with Gasteiger partial charge in [-0.15, -0.1) is 0 Å². The van der Waals surface area contributed by atoms with Crippen LogP contribution in [0.5, 0.6) is 0 Å². The zero-order valence-electron chi connectivity index (χ0n) is 10.6. The molecule has 0 saturated carbocycles. The third kappa shape index (κ3) is 3.09. The molecule has 0 saturated heterocycles. The number of likely N-dealkylation sites (N-methyl/N-ethyl adjacent to an activating group) is 1. The number of nitrogens with one attached hydrogen (secondary N) is 1. The quantitative estimate of drug-likeness (QED) is 0.866. The van der Waals surface area contributed by atoms with Gasteiger partial charge in [0.25, 0.3) is 0 Å². The van der Waals surface area contributed by atoms with Crippen LogP contribution in [0, 0.1) is 0 Å². The molecule has 2 aromatic heterocycles. The lowest BCUT2D eigenvalue weighted by atomic mass is 10.3. The first-order valence-electron chi connectivity index (χ1n) is 5.51. The maximum Gasteiger partial charge on any atom is 0.239 e. The Bertz CT molecular complexity index is 708. The van der Waals surface area contributed by atoms with Gasteiger partial charge in [-0.2, -0.15) is 9.40 Å². The number of hydrogen-bond acceptors (Lipinski definition) is 4. The topological polar surface area (TPSA) is 83.8 Å². The second-order valence-corrected chi connectivity index (χ2v) is 6.25. The van der Waals surface area contributed by atoms with Gasteiger partial charge in [0.2, 0.25) is 15.9 Å². The van der Waals surface area contributed by atoms with E-state index in [9.17, 15) is 13.2 Å². The van der Waals surface area contributed by atoms with Gasteiger partial charge in [-0.3, -0.25) is 4.79 Å². The van der Waals surface area contributed by atoms with Crippen molar-refractivity contribution in [3.63, 3.8) is 0 Å². The van der Waals surface area contributed by atoms with Gasteiger partial charge in [0.1, 0.15) is 0 Å². The summed E-state index contributed by atoms with van der Waals surface area (Å²) in [5, 5.41) is 6.71. The number of amides is 1. The highest BCUT2D eigenvalue weighted by molar-refractivity contribution is 7.88. The van der Waals surface area contributed by atoms with E-state index in [1.165, 1.54) is 13.2 Å². The second-order valence-electron chi connectivity index (χ2n) is 4.16. The molecule has 102 valence electrons. The minimum absolute atomic E-state index is 0.233. The molecule has 0 aromatic carbocycles. The number of carbonyl (C=O) groups excluding carboxylic acids is 1. The number of aromatic nitrogens is 2. The summed E-state index contributed by atoms with van der Waals surface area (Å²) in [5.74, 6) is -0.410. The Kier molecular flexibility index (Phi) is 3.54. The molecule has 1 amide bonds. The summed E-state index contributed by atoms with van der Waals surface area (Å²) in [4.78, 5) is 11.8. The minimum Gasteiger partial charge on any atom is -0.322 e. The number of anilines is 1. The molecule has 2 aromatic rings. The van der Waals surface area contributed by atoms with Crippen molar-refractivity contribution in [1.82, 2.24) is 13.9 Å². The van der Waals surface area contributed by atoms with E-state index >= 15 is 0 Å². The summed E-state index contributed by atoms with van der Waals surface area (Å²) in [5.41, 5.74) is 1.30. The van der Waals surface area contributed by atoms with Crippen LogP contribution in [0.1, 0.15) is 0 Å². The third-order valence-corrected chi connectivity index (χ3v) is 3.89. The number of rotatable bonds is 4. The van der Waals surface area contributed by atoms with Gasteiger partial charge in [-0.1, -0.05) is 6.07 Å². The van der Waals surface area contributed by atoms with Crippen LogP contribution in [0.25, 0.3) is 5.52 Å². The zero-order chi connectivity index (χ0) is 14.0. The molecule has 2 rings (SSSR count). The summed E-state index contributed by atoms with van der Waals surface area (Å²) in [6, 6.07) is 5.46. The van der Waals surface area contributed by atoms with E-state index in [-0.39, 0.29) is 6.54 Å². The lowest BCUT2D eigenvalue weighted by Crippen LogP contribution is -2.34. The Morgan fingerprint density at radius 2 is 2.21 bits per heavy atom. The van der Waals surface area contributed by atoms with Crippen LogP contribution in [-0.2, 0) is 14.8 Å². The molecule has 8 heteroatoms. The van der Waals surface area contributed by atoms with Crippen LogP contribution in [0.2, 0.25) is 0 Å². The van der Waals surface area contributed by atoms with Crippen LogP contribution in [0.15, 0.2) is 30.6 Å². The number of hydrogen-bond donors (Lipinski definition) is 1. The van der Waals surface area contributed by atoms with Crippen LogP contribution >= 0.6 is 0 Å². The Balaban J connectivity index is 2.11. The highest BCUT2D eigenvalue weighted by Gasteiger charge is 2.16. The predicted molar refractivity (Wildman–Crippen MR) is 71.3 cm³/mol. The molecular weight excluding hydrogens is 268 g/mol. The van der Waals surface area contributed by atoms with Crippen molar-refractivity contribution in [1.29, 1.82) is 0 Å². The molecule has 19 heavy (non-hydrogen) atoms. The molecule has 0 aliphatic rings. The van der Waals surface area contributed by atoms with Gasteiger partial charge in [0.15, 0.2) is 0 Å². The van der Waals surface area contributed by atoms with E-state index in [2.05, 4.69) is 10.4 Å². The minimum atomic E-state index is -3.37. The van der Waals surface area contributed by atoms with Crippen LogP contribution in [0.4, 0.5) is 5.69 Å². The van der Waals surface area contributed by atoms with Gasteiger partial charge in [0.05, 0.1) is 30.2 Å². The second kappa shape index (κ2) is 4.98. The summed E-state index contributed by atoms with van der Waals surface area (Å²) >= 11 is 0. The van der Waals surface area contributed by atoms with E-state index in [1.807, 2.05) is 18.2 Å². The predicted octanol–water partition coefficient (Wildman–Crippen LogP) is 0.164. The number of fused-ring (bicyclic) bond motifs is 1. The van der Waals surface area contributed by atoms with Crippen LogP contribution in [0.3, 0.4) is 0 Å². The van der Waals surface area contributed by atoms with Crippen molar-refractivity contribution < 1.29 is 13.2 Å². The summed E-state index contributed by atoms with van der Waals surface area (Å²) in [6.07, 6.45) is 4.33. The number of nitrogens with zero attached hydrogens (tertiary/aromatic N) is 3. The molecule has 0 bridgehead atoms. The molecule has 0 unspecified atom stereocenters. The fraction of sp³-hybridized carbons (Fsp3) is 0.273. The molecular formula is C11H14N4O3S. The number of sulfonamides is 1. The molecule has 0 radical (unpaired) electrons. The monoisotopic (exact) mass is 282 g/mol. The smallest absolute Gasteiger partial charge is 0.239 e. The van der Waals surface area contributed by atoms with E-state index in [4.69, 9.17) is 0 Å². The number of carbonyl (C=O) groups is 1. The van der Waals surface area contributed by atoms with Crippen molar-refractivity contribution in [3.8, 4) is 0 Å². The zero-order valence-corrected chi connectivity index (χ0v) is 11.4. The fourth-order valence-corrected chi connectivity index (χ4v) is 1.89. The van der Waals surface area contributed by atoms with Crippen molar-refractivity contribution in [2.24, 2.45) is 0 Å². The summed E-state index contributed by atoms with van der Waals surface area (Å²) in [7, 11) is -2.02. The fourth-order valence-electron chi connectivity index (χ4n) is 1.54. The summed E-state index contributed by atoms with van der Waals surface area (Å²) < 4.78 is 25.0. The van der Waals surface area contributed by atoms with Crippen molar-refractivity contribution in [2.75, 3.05) is 25.2 Å². The average molecular weight is 282 g/mol. The standard InChI is InChI=1S/C11H14N4O3S/c1-14(19(2,17)18)8-11(16)13-9-7-12-15-6-4-3-5-10(9)15/h3-7H,8H2,1-2H3,(H,13,16). The first kappa shape index (κ1) is 13.5. The molecule has 1 N–H and O–H groups in total. The van der Waals surface area contributed by atoms with E-state index in [0.717, 1.165) is 16.1 Å². The molecule has 0 aliphatic carbocycles. The van der Waals surface area contributed by atoms with E-state index in [1.54, 1.807) is 10.7 Å². The SMILES string of the molecule is CN(CC(=O)Nc1cnn2ccccc12)S(C)(=O)=O. The Morgan fingerprint density at radius 1 is 1.47 bits per heavy atom. The van der Waals surface area contributed by atoms with Gasteiger partial charge in [-0.05, 0) is 12.1 Å². The largest absolute Gasteiger partial charge is 0.322 e. The van der Waals surface area contributed by atoms with Crippen LogP contribution in [-0.4, -0.2) is 48.1 Å². The van der Waals surface area contributed by atoms with Crippen molar-refractivity contribution in [2.45, 2.75) is 0 Å². The lowest BCUT2D eigenvalue weighted by molar-refractivity contribution is -0.116. The first-order valence-corrected chi connectivity index (χ1v) is 7.36. The molecule has 0 fully saturated rings. The number of pyridine rings is 1. The van der Waals surface area contributed by atoms with E-state index < -0.39 is 15.9 Å². The highest BCUT2D eigenvalue weighted by Crippen LogP contribution is 2.15. The Morgan fingerprint density at radius 3 is 2.89 bits per heavy atom. The Hall–Kier alpha value is -1.93. The van der Waals surface area contributed by atoms with Crippen molar-refractivity contribution >= 4 is 27.1 Å². The molecule has 0 aliphatic heterocycles. The maximum atomic E-state index is 11.8. The van der Waals surface area contributed by atoms with Gasteiger partial charge < -0.3 is 5.32 Å². The molecule has 2 heterocycles. The van der Waals surface area contributed by atoms with Gasteiger partial charge >= 0.3 is 0 Å². The summed E-state index contributed by atoms with van der Waals surface area (Å²) in [6.45, 7) is -0.233. The first-order chi connectivity index (χ1) is 8.88. The normalized spacial score (nSPS) is 11.9.